The van der Waals surface area contributed by atoms with Gasteiger partial charge in [-0.25, -0.2) is 0 Å². The minimum atomic E-state index is -0.168. The first-order valence-corrected chi connectivity index (χ1v) is 6.31. The van der Waals surface area contributed by atoms with Gasteiger partial charge in [-0.05, 0) is 23.8 Å². The van der Waals surface area contributed by atoms with E-state index in [2.05, 4.69) is 11.9 Å². The molecule has 2 atom stereocenters. The number of rotatable bonds is 3. The van der Waals surface area contributed by atoms with E-state index in [9.17, 15) is 0 Å². The fourth-order valence-corrected chi connectivity index (χ4v) is 2.39. The third-order valence-electron chi connectivity index (χ3n) is 2.80. The zero-order valence-corrected chi connectivity index (χ0v) is 11.0. The monoisotopic (exact) mass is 265 g/mol. The van der Waals surface area contributed by atoms with Crippen LogP contribution >= 0.6 is 23.2 Å². The molecule has 0 N–H and O–H groups in total. The number of halogens is 2. The number of benzene rings is 1. The predicted molar refractivity (Wildman–Crippen MR) is 72.7 cm³/mol. The molecule has 1 nitrogen and oxygen atoms in total. The maximum Gasteiger partial charge on any atom is 0.0680 e. The lowest BCUT2D eigenvalue weighted by atomic mass is 9.97. The highest BCUT2D eigenvalue weighted by atomic mass is 35.5. The molecule has 0 saturated heterocycles. The van der Waals surface area contributed by atoms with Crippen LogP contribution in [0.3, 0.4) is 0 Å². The Kier molecular flexibility index (Phi) is 4.03. The van der Waals surface area contributed by atoms with Crippen molar-refractivity contribution < 1.29 is 0 Å². The minimum Gasteiger partial charge on any atom is -0.261 e. The summed E-state index contributed by atoms with van der Waals surface area (Å²) >= 11 is 12.6. The van der Waals surface area contributed by atoms with Crippen LogP contribution in [0.5, 0.6) is 0 Å². The molecule has 0 aliphatic rings. The topological polar surface area (TPSA) is 12.9 Å². The van der Waals surface area contributed by atoms with Gasteiger partial charge in [0.15, 0.2) is 0 Å². The highest BCUT2D eigenvalue weighted by molar-refractivity contribution is 6.32. The fraction of sp³-hybridized carbons (Fsp3) is 0.214. The molecular formula is C14H13Cl2N. The van der Waals surface area contributed by atoms with Gasteiger partial charge < -0.3 is 0 Å². The molecule has 0 amide bonds. The molecule has 3 heteroatoms. The van der Waals surface area contributed by atoms with Crippen molar-refractivity contribution in [3.8, 4) is 0 Å². The molecule has 0 saturated carbocycles. The second kappa shape index (κ2) is 5.52. The summed E-state index contributed by atoms with van der Waals surface area (Å²) in [5, 5.41) is 0.536. The van der Waals surface area contributed by atoms with Crippen molar-refractivity contribution in [2.24, 2.45) is 0 Å². The Bertz CT molecular complexity index is 485. The molecule has 2 unspecified atom stereocenters. The van der Waals surface area contributed by atoms with Crippen molar-refractivity contribution in [2.75, 3.05) is 0 Å². The van der Waals surface area contributed by atoms with Crippen molar-refractivity contribution in [2.45, 2.75) is 18.2 Å². The fourth-order valence-electron chi connectivity index (χ4n) is 1.76. The molecule has 17 heavy (non-hydrogen) atoms. The van der Waals surface area contributed by atoms with E-state index in [0.29, 0.717) is 5.02 Å². The van der Waals surface area contributed by atoms with Crippen molar-refractivity contribution >= 4 is 23.2 Å². The molecule has 1 aromatic carbocycles. The third kappa shape index (κ3) is 2.80. The number of alkyl halides is 1. The highest BCUT2D eigenvalue weighted by Crippen LogP contribution is 2.38. The lowest BCUT2D eigenvalue weighted by Crippen LogP contribution is -2.04. The second-order valence-electron chi connectivity index (χ2n) is 3.97. The van der Waals surface area contributed by atoms with Gasteiger partial charge in [-0.3, -0.25) is 4.98 Å². The molecule has 1 aromatic heterocycles. The molecule has 0 spiro atoms. The van der Waals surface area contributed by atoms with E-state index in [1.54, 1.807) is 6.20 Å². The maximum atomic E-state index is 6.47. The van der Waals surface area contributed by atoms with E-state index in [-0.39, 0.29) is 11.3 Å². The molecular weight excluding hydrogens is 253 g/mol. The van der Waals surface area contributed by atoms with Crippen LogP contribution in [0.15, 0.2) is 48.7 Å². The SMILES string of the molecule is CC(c1ccccn1)C(Cl)c1ccccc1Cl. The predicted octanol–water partition coefficient (Wildman–Crippen LogP) is 4.82. The van der Waals surface area contributed by atoms with Crippen LogP contribution in [0.25, 0.3) is 0 Å². The summed E-state index contributed by atoms with van der Waals surface area (Å²) in [6.45, 7) is 2.06. The van der Waals surface area contributed by atoms with Crippen LogP contribution in [0.1, 0.15) is 29.5 Å². The number of aromatic nitrogens is 1. The zero-order valence-electron chi connectivity index (χ0n) is 9.48. The molecule has 2 rings (SSSR count). The van der Waals surface area contributed by atoms with Crippen LogP contribution in [-0.4, -0.2) is 4.98 Å². The van der Waals surface area contributed by atoms with Gasteiger partial charge >= 0.3 is 0 Å². The summed E-state index contributed by atoms with van der Waals surface area (Å²) in [6.07, 6.45) is 1.78. The quantitative estimate of drug-likeness (QED) is 0.726. The van der Waals surface area contributed by atoms with Gasteiger partial charge in [0.1, 0.15) is 0 Å². The summed E-state index contributed by atoms with van der Waals surface area (Å²) in [5.74, 6) is 0.123. The zero-order chi connectivity index (χ0) is 12.3. The summed E-state index contributed by atoms with van der Waals surface area (Å²) < 4.78 is 0. The third-order valence-corrected chi connectivity index (χ3v) is 3.75. The van der Waals surface area contributed by atoms with Crippen LogP contribution in [-0.2, 0) is 0 Å². The van der Waals surface area contributed by atoms with Gasteiger partial charge in [-0.15, -0.1) is 11.6 Å². The van der Waals surface area contributed by atoms with E-state index in [1.807, 2.05) is 42.5 Å². The Labute approximate surface area is 111 Å². The van der Waals surface area contributed by atoms with Crippen molar-refractivity contribution in [3.05, 3.63) is 64.9 Å². The number of hydrogen-bond donors (Lipinski definition) is 0. The van der Waals surface area contributed by atoms with Gasteiger partial charge in [0.05, 0.1) is 5.38 Å². The van der Waals surface area contributed by atoms with E-state index in [1.165, 1.54) is 0 Å². The molecule has 0 aliphatic heterocycles. The Morgan fingerprint density at radius 3 is 2.41 bits per heavy atom. The first-order chi connectivity index (χ1) is 8.20. The molecule has 0 bridgehead atoms. The van der Waals surface area contributed by atoms with E-state index < -0.39 is 0 Å². The Morgan fingerprint density at radius 2 is 1.76 bits per heavy atom. The highest BCUT2D eigenvalue weighted by Gasteiger charge is 2.21. The minimum absolute atomic E-state index is 0.123. The van der Waals surface area contributed by atoms with Crippen LogP contribution in [0.2, 0.25) is 5.02 Å². The molecule has 0 radical (unpaired) electrons. The van der Waals surface area contributed by atoms with Crippen molar-refractivity contribution in [1.82, 2.24) is 4.98 Å². The molecule has 0 aliphatic carbocycles. The van der Waals surface area contributed by atoms with Gasteiger partial charge in [-0.2, -0.15) is 0 Å². The van der Waals surface area contributed by atoms with Gasteiger partial charge in [-0.1, -0.05) is 42.8 Å². The number of nitrogens with zero attached hydrogens (tertiary/aromatic N) is 1. The standard InChI is InChI=1S/C14H13Cl2N/c1-10(13-8-4-5-9-17-13)14(16)11-6-2-3-7-12(11)15/h2-10,14H,1H3. The van der Waals surface area contributed by atoms with Crippen molar-refractivity contribution in [1.29, 1.82) is 0 Å². The smallest absolute Gasteiger partial charge is 0.0680 e. The van der Waals surface area contributed by atoms with E-state index in [4.69, 9.17) is 23.2 Å². The maximum absolute atomic E-state index is 6.47. The Morgan fingerprint density at radius 1 is 1.06 bits per heavy atom. The first kappa shape index (κ1) is 12.4. The van der Waals surface area contributed by atoms with Crippen molar-refractivity contribution in [3.63, 3.8) is 0 Å². The molecule has 2 aromatic rings. The number of pyridine rings is 1. The van der Waals surface area contributed by atoms with Crippen LogP contribution in [0, 0.1) is 0 Å². The lowest BCUT2D eigenvalue weighted by molar-refractivity contribution is 0.706. The van der Waals surface area contributed by atoms with Gasteiger partial charge in [0.2, 0.25) is 0 Å². The van der Waals surface area contributed by atoms with Gasteiger partial charge in [0.25, 0.3) is 0 Å². The molecule has 1 heterocycles. The average Bonchev–Trinajstić information content (AvgIpc) is 2.39. The summed E-state index contributed by atoms with van der Waals surface area (Å²) in [4.78, 5) is 4.33. The summed E-state index contributed by atoms with van der Waals surface area (Å²) in [6, 6.07) is 13.5. The molecule has 0 fully saturated rings. The van der Waals surface area contributed by atoms with Crippen LogP contribution < -0.4 is 0 Å². The first-order valence-electron chi connectivity index (χ1n) is 5.49. The molecule has 88 valence electrons. The Hall–Kier alpha value is -1.05. The lowest BCUT2D eigenvalue weighted by Gasteiger charge is -2.18. The van der Waals surface area contributed by atoms with Crippen LogP contribution in [0.4, 0.5) is 0 Å². The summed E-state index contributed by atoms with van der Waals surface area (Å²) in [5.41, 5.74) is 1.93. The largest absolute Gasteiger partial charge is 0.261 e. The van der Waals surface area contributed by atoms with Gasteiger partial charge in [0, 0.05) is 22.8 Å². The Balaban J connectivity index is 2.27. The summed E-state index contributed by atoms with van der Waals surface area (Å²) in [7, 11) is 0. The van der Waals surface area contributed by atoms with E-state index >= 15 is 0 Å². The number of hydrogen-bond acceptors (Lipinski definition) is 1. The normalized spacial score (nSPS) is 14.3. The second-order valence-corrected chi connectivity index (χ2v) is 4.84. The average molecular weight is 266 g/mol. The van der Waals surface area contributed by atoms with E-state index in [0.717, 1.165) is 11.3 Å².